The molecule has 0 bridgehead atoms. The first-order valence-electron chi connectivity index (χ1n) is 6.99. The van der Waals surface area contributed by atoms with Crippen molar-refractivity contribution in [2.75, 3.05) is 18.0 Å². The maximum atomic E-state index is 10.1. The highest BCUT2D eigenvalue weighted by Gasteiger charge is 2.12. The van der Waals surface area contributed by atoms with Crippen molar-refractivity contribution in [3.05, 3.63) is 60.7 Å². The number of para-hydroxylation sites is 2. The Morgan fingerprint density at radius 3 is 2.20 bits per heavy atom. The Bertz CT molecular complexity index is 487. The topological polar surface area (TPSA) is 32.7 Å². The van der Waals surface area contributed by atoms with Crippen molar-refractivity contribution < 1.29 is 9.84 Å². The maximum Gasteiger partial charge on any atom is 0.215 e. The number of rotatable bonds is 7. The van der Waals surface area contributed by atoms with E-state index in [1.54, 1.807) is 0 Å². The second-order valence-electron chi connectivity index (χ2n) is 4.67. The fourth-order valence-corrected chi connectivity index (χ4v) is 2.12. The van der Waals surface area contributed by atoms with Crippen molar-refractivity contribution >= 4 is 5.69 Å². The van der Waals surface area contributed by atoms with Crippen LogP contribution >= 0.6 is 0 Å². The minimum Gasteiger partial charge on any atom is -0.463 e. The van der Waals surface area contributed by atoms with Gasteiger partial charge in [-0.2, -0.15) is 0 Å². The SMILES string of the molecule is CCCN(CC(O)Oc1ccccc1)c1ccccc1. The molecule has 0 heterocycles. The Morgan fingerprint density at radius 2 is 1.60 bits per heavy atom. The molecule has 2 aromatic carbocycles. The molecule has 0 aliphatic heterocycles. The summed E-state index contributed by atoms with van der Waals surface area (Å²) in [5.41, 5.74) is 1.10. The van der Waals surface area contributed by atoms with Gasteiger partial charge in [0, 0.05) is 12.2 Å². The molecule has 1 N–H and O–H groups in total. The molecular weight excluding hydrogens is 250 g/mol. The van der Waals surface area contributed by atoms with Crippen LogP contribution in [0.3, 0.4) is 0 Å². The highest BCUT2D eigenvalue weighted by atomic mass is 16.6. The molecule has 106 valence electrons. The number of hydrogen-bond acceptors (Lipinski definition) is 3. The lowest BCUT2D eigenvalue weighted by Gasteiger charge is -2.27. The van der Waals surface area contributed by atoms with Gasteiger partial charge in [0.1, 0.15) is 5.75 Å². The minimum atomic E-state index is -0.843. The van der Waals surface area contributed by atoms with Crippen LogP contribution in [-0.2, 0) is 0 Å². The Hall–Kier alpha value is -2.00. The van der Waals surface area contributed by atoms with Crippen molar-refractivity contribution in [3.8, 4) is 5.75 Å². The van der Waals surface area contributed by atoms with Gasteiger partial charge in [-0.15, -0.1) is 0 Å². The van der Waals surface area contributed by atoms with Crippen LogP contribution in [0.4, 0.5) is 5.69 Å². The smallest absolute Gasteiger partial charge is 0.215 e. The molecule has 2 rings (SSSR count). The number of benzene rings is 2. The molecule has 1 atom stereocenters. The van der Waals surface area contributed by atoms with E-state index in [2.05, 4.69) is 11.8 Å². The van der Waals surface area contributed by atoms with Gasteiger partial charge < -0.3 is 14.7 Å². The Balaban J connectivity index is 1.97. The molecule has 2 aromatic rings. The average molecular weight is 271 g/mol. The number of aliphatic hydroxyl groups excluding tert-OH is 1. The molecule has 3 heteroatoms. The Morgan fingerprint density at radius 1 is 1.00 bits per heavy atom. The van der Waals surface area contributed by atoms with Crippen molar-refractivity contribution in [1.82, 2.24) is 0 Å². The number of hydrogen-bond donors (Lipinski definition) is 1. The second kappa shape index (κ2) is 7.56. The highest BCUT2D eigenvalue weighted by Crippen LogP contribution is 2.16. The van der Waals surface area contributed by atoms with E-state index >= 15 is 0 Å². The summed E-state index contributed by atoms with van der Waals surface area (Å²) < 4.78 is 5.53. The van der Waals surface area contributed by atoms with E-state index in [-0.39, 0.29) is 0 Å². The summed E-state index contributed by atoms with van der Waals surface area (Å²) >= 11 is 0. The van der Waals surface area contributed by atoms with Crippen LogP contribution in [-0.4, -0.2) is 24.5 Å². The second-order valence-corrected chi connectivity index (χ2v) is 4.67. The summed E-state index contributed by atoms with van der Waals surface area (Å²) in [7, 11) is 0. The zero-order chi connectivity index (χ0) is 14.2. The molecule has 0 radical (unpaired) electrons. The van der Waals surface area contributed by atoms with Crippen molar-refractivity contribution in [2.45, 2.75) is 19.6 Å². The molecule has 0 amide bonds. The number of anilines is 1. The molecule has 0 aliphatic rings. The first-order valence-corrected chi connectivity index (χ1v) is 6.99. The molecule has 3 nitrogen and oxygen atoms in total. The average Bonchev–Trinajstić information content (AvgIpc) is 2.49. The zero-order valence-electron chi connectivity index (χ0n) is 11.8. The monoisotopic (exact) mass is 271 g/mol. The lowest BCUT2D eigenvalue weighted by atomic mass is 10.2. The fraction of sp³-hybridized carbons (Fsp3) is 0.294. The van der Waals surface area contributed by atoms with Crippen LogP contribution < -0.4 is 9.64 Å². The van der Waals surface area contributed by atoms with Crippen LogP contribution in [0.5, 0.6) is 5.75 Å². The van der Waals surface area contributed by atoms with Crippen molar-refractivity contribution in [3.63, 3.8) is 0 Å². The molecule has 0 fully saturated rings. The summed E-state index contributed by atoms with van der Waals surface area (Å²) in [6.07, 6.45) is 0.177. The van der Waals surface area contributed by atoms with E-state index in [0.717, 1.165) is 18.7 Å². The van der Waals surface area contributed by atoms with Gasteiger partial charge in [0.15, 0.2) is 0 Å². The quantitative estimate of drug-likeness (QED) is 0.784. The van der Waals surface area contributed by atoms with E-state index in [1.807, 2.05) is 60.7 Å². The van der Waals surface area contributed by atoms with Crippen LogP contribution in [0.25, 0.3) is 0 Å². The Labute approximate surface area is 120 Å². The number of ether oxygens (including phenoxy) is 1. The van der Waals surface area contributed by atoms with Gasteiger partial charge >= 0.3 is 0 Å². The van der Waals surface area contributed by atoms with E-state index in [1.165, 1.54) is 0 Å². The molecule has 1 unspecified atom stereocenters. The van der Waals surface area contributed by atoms with E-state index in [9.17, 15) is 5.11 Å². The number of nitrogens with zero attached hydrogens (tertiary/aromatic N) is 1. The predicted octanol–water partition coefficient (Wildman–Crippen LogP) is 3.30. The van der Waals surface area contributed by atoms with E-state index in [4.69, 9.17) is 4.74 Å². The summed E-state index contributed by atoms with van der Waals surface area (Å²) in [6, 6.07) is 19.5. The summed E-state index contributed by atoms with van der Waals surface area (Å²) in [6.45, 7) is 3.46. The summed E-state index contributed by atoms with van der Waals surface area (Å²) in [5, 5.41) is 10.1. The largest absolute Gasteiger partial charge is 0.463 e. The zero-order valence-corrected chi connectivity index (χ0v) is 11.8. The van der Waals surface area contributed by atoms with Gasteiger partial charge in [0.05, 0.1) is 6.54 Å². The third kappa shape index (κ3) is 4.28. The fourth-order valence-electron chi connectivity index (χ4n) is 2.12. The standard InChI is InChI=1S/C17H21NO2/c1-2-13-18(15-9-5-3-6-10-15)14-17(19)20-16-11-7-4-8-12-16/h3-12,17,19H,2,13-14H2,1H3. The van der Waals surface area contributed by atoms with Gasteiger partial charge in [-0.1, -0.05) is 43.3 Å². The van der Waals surface area contributed by atoms with Gasteiger partial charge in [-0.25, -0.2) is 0 Å². The molecule has 0 aliphatic carbocycles. The lowest BCUT2D eigenvalue weighted by Crippen LogP contribution is -2.36. The Kier molecular flexibility index (Phi) is 5.44. The van der Waals surface area contributed by atoms with Gasteiger partial charge in [-0.3, -0.25) is 0 Å². The first kappa shape index (κ1) is 14.4. The van der Waals surface area contributed by atoms with Gasteiger partial charge in [-0.05, 0) is 30.7 Å². The molecule has 0 spiro atoms. The highest BCUT2D eigenvalue weighted by molar-refractivity contribution is 5.45. The van der Waals surface area contributed by atoms with Crippen LogP contribution in [0.2, 0.25) is 0 Å². The maximum absolute atomic E-state index is 10.1. The molecule has 20 heavy (non-hydrogen) atoms. The molecule has 0 saturated heterocycles. The predicted molar refractivity (Wildman–Crippen MR) is 82.0 cm³/mol. The van der Waals surface area contributed by atoms with Crippen molar-refractivity contribution in [2.24, 2.45) is 0 Å². The van der Waals surface area contributed by atoms with Gasteiger partial charge in [0.2, 0.25) is 6.29 Å². The van der Waals surface area contributed by atoms with E-state index < -0.39 is 6.29 Å². The third-order valence-corrected chi connectivity index (χ3v) is 3.01. The molecule has 0 saturated carbocycles. The normalized spacial score (nSPS) is 11.9. The first-order chi connectivity index (χ1) is 9.79. The van der Waals surface area contributed by atoms with Gasteiger partial charge in [0.25, 0.3) is 0 Å². The molecular formula is C17H21NO2. The lowest BCUT2D eigenvalue weighted by molar-refractivity contribution is -0.00999. The summed E-state index contributed by atoms with van der Waals surface area (Å²) in [4.78, 5) is 2.13. The summed E-state index contributed by atoms with van der Waals surface area (Å²) in [5.74, 6) is 0.685. The minimum absolute atomic E-state index is 0.451. The van der Waals surface area contributed by atoms with Crippen LogP contribution in [0.15, 0.2) is 60.7 Å². The van der Waals surface area contributed by atoms with Crippen LogP contribution in [0, 0.1) is 0 Å². The van der Waals surface area contributed by atoms with Crippen molar-refractivity contribution in [1.29, 1.82) is 0 Å². The van der Waals surface area contributed by atoms with Crippen LogP contribution in [0.1, 0.15) is 13.3 Å². The van der Waals surface area contributed by atoms with E-state index in [0.29, 0.717) is 12.3 Å². The third-order valence-electron chi connectivity index (χ3n) is 3.01. The molecule has 0 aromatic heterocycles. The number of aliphatic hydroxyl groups is 1.